The molecule has 0 aliphatic carbocycles. The van der Waals surface area contributed by atoms with Crippen LogP contribution in [0.15, 0.2) is 34.9 Å². The fourth-order valence-corrected chi connectivity index (χ4v) is 2.86. The van der Waals surface area contributed by atoms with Gasteiger partial charge in [-0.3, -0.25) is 9.69 Å². The summed E-state index contributed by atoms with van der Waals surface area (Å²) in [5.74, 6) is 0.815. The molecule has 2 aromatic rings. The first kappa shape index (κ1) is 17.6. The highest BCUT2D eigenvalue weighted by molar-refractivity contribution is 5.78. The number of aromatic nitrogens is 1. The molecule has 0 bridgehead atoms. The molecule has 25 heavy (non-hydrogen) atoms. The number of carbonyl (C=O) groups excluding carboxylic acids is 1. The van der Waals surface area contributed by atoms with Gasteiger partial charge in [0.05, 0.1) is 25.4 Å². The zero-order valence-electron chi connectivity index (χ0n) is 14.2. The Balaban J connectivity index is 1.53. The molecule has 1 aliphatic rings. The van der Waals surface area contributed by atoms with Gasteiger partial charge in [0.25, 0.3) is 0 Å². The number of hydrogen-bond acceptors (Lipinski definition) is 5. The first-order valence-electron chi connectivity index (χ1n) is 8.36. The van der Waals surface area contributed by atoms with Gasteiger partial charge in [-0.1, -0.05) is 0 Å². The van der Waals surface area contributed by atoms with Crippen molar-refractivity contribution in [1.29, 1.82) is 0 Å². The molecule has 1 aliphatic heterocycles. The Bertz CT molecular complexity index is 709. The summed E-state index contributed by atoms with van der Waals surface area (Å²) in [6.45, 7) is 1.87. The molecule has 3 rings (SSSR count). The summed E-state index contributed by atoms with van der Waals surface area (Å²) in [6, 6.07) is 6.02. The van der Waals surface area contributed by atoms with Crippen LogP contribution in [0.5, 0.6) is 0 Å². The Labute approximate surface area is 145 Å². The number of rotatable bonds is 5. The van der Waals surface area contributed by atoms with Crippen molar-refractivity contribution in [3.63, 3.8) is 0 Å². The van der Waals surface area contributed by atoms with Crippen molar-refractivity contribution in [2.45, 2.75) is 25.5 Å². The second-order valence-electron chi connectivity index (χ2n) is 6.41. The maximum absolute atomic E-state index is 13.0. The highest BCUT2D eigenvalue weighted by Gasteiger charge is 2.22. The minimum Gasteiger partial charge on any atom is -0.439 e. The van der Waals surface area contributed by atoms with Crippen LogP contribution in [-0.2, 0) is 11.3 Å². The van der Waals surface area contributed by atoms with E-state index in [1.807, 2.05) is 11.9 Å². The van der Waals surface area contributed by atoms with E-state index in [1.165, 1.54) is 12.1 Å². The molecule has 2 heterocycles. The van der Waals surface area contributed by atoms with Crippen molar-refractivity contribution in [2.75, 3.05) is 26.7 Å². The Hall–Kier alpha value is -2.25. The number of likely N-dealkylation sites (tertiary alicyclic amines) is 1. The van der Waals surface area contributed by atoms with E-state index in [2.05, 4.69) is 4.98 Å². The first-order chi connectivity index (χ1) is 12.0. The van der Waals surface area contributed by atoms with Crippen LogP contribution in [0.2, 0.25) is 0 Å². The normalized spacial score (nSPS) is 15.8. The Morgan fingerprint density at radius 1 is 1.36 bits per heavy atom. The molecular weight excluding hydrogens is 325 g/mol. The topological polar surface area (TPSA) is 69.8 Å². The molecule has 1 N–H and O–H groups in total. The molecule has 1 fully saturated rings. The number of hydrogen-bond donors (Lipinski definition) is 1. The van der Waals surface area contributed by atoms with Crippen LogP contribution in [0.1, 0.15) is 18.7 Å². The minimum absolute atomic E-state index is 0.0414. The maximum Gasteiger partial charge on any atom is 0.236 e. The number of aliphatic hydroxyl groups is 1. The van der Waals surface area contributed by atoms with Gasteiger partial charge in [-0.2, -0.15) is 0 Å². The van der Waals surface area contributed by atoms with Gasteiger partial charge in [0.1, 0.15) is 5.82 Å². The summed E-state index contributed by atoms with van der Waals surface area (Å²) in [4.78, 5) is 20.1. The second-order valence-corrected chi connectivity index (χ2v) is 6.41. The molecule has 1 amide bonds. The van der Waals surface area contributed by atoms with E-state index in [0.717, 1.165) is 5.56 Å². The number of aliphatic hydroxyl groups excluding tert-OH is 1. The molecule has 7 heteroatoms. The van der Waals surface area contributed by atoms with Crippen molar-refractivity contribution in [2.24, 2.45) is 0 Å². The molecule has 0 radical (unpaired) electrons. The summed E-state index contributed by atoms with van der Waals surface area (Å²) < 4.78 is 18.7. The lowest BCUT2D eigenvalue weighted by molar-refractivity contribution is -0.134. The summed E-state index contributed by atoms with van der Waals surface area (Å²) in [5, 5.41) is 9.51. The molecule has 0 atom stereocenters. The number of amides is 1. The van der Waals surface area contributed by atoms with Gasteiger partial charge in [-0.15, -0.1) is 0 Å². The monoisotopic (exact) mass is 347 g/mol. The van der Waals surface area contributed by atoms with E-state index in [0.29, 0.717) is 44.1 Å². The molecule has 0 spiro atoms. The summed E-state index contributed by atoms with van der Waals surface area (Å²) in [7, 11) is 1.83. The van der Waals surface area contributed by atoms with Crippen molar-refractivity contribution in [1.82, 2.24) is 14.8 Å². The lowest BCUT2D eigenvalue weighted by Gasteiger charge is -2.30. The highest BCUT2D eigenvalue weighted by atomic mass is 19.1. The zero-order valence-corrected chi connectivity index (χ0v) is 14.2. The van der Waals surface area contributed by atoms with Gasteiger partial charge in [-0.25, -0.2) is 9.37 Å². The highest BCUT2D eigenvalue weighted by Crippen LogP contribution is 2.21. The standard InChI is InChI=1S/C18H22FN3O3/c1-21(12-18(24)22-8-6-15(23)7-9-22)11-17-20-10-16(25-17)13-2-4-14(19)5-3-13/h2-5,10,15,23H,6-9,11-12H2,1H3. The van der Waals surface area contributed by atoms with Crippen molar-refractivity contribution in [3.8, 4) is 11.3 Å². The van der Waals surface area contributed by atoms with Crippen LogP contribution in [0, 0.1) is 5.82 Å². The largest absolute Gasteiger partial charge is 0.439 e. The number of piperidine rings is 1. The van der Waals surface area contributed by atoms with Crippen molar-refractivity contribution < 1.29 is 18.7 Å². The lowest BCUT2D eigenvalue weighted by Crippen LogP contribution is -2.44. The Morgan fingerprint density at radius 3 is 2.72 bits per heavy atom. The van der Waals surface area contributed by atoms with Crippen LogP contribution in [0.4, 0.5) is 4.39 Å². The number of nitrogens with zero attached hydrogens (tertiary/aromatic N) is 3. The predicted octanol–water partition coefficient (Wildman–Crippen LogP) is 1.90. The zero-order chi connectivity index (χ0) is 17.8. The van der Waals surface area contributed by atoms with Gasteiger partial charge in [0, 0.05) is 18.7 Å². The van der Waals surface area contributed by atoms with Crippen molar-refractivity contribution in [3.05, 3.63) is 42.2 Å². The van der Waals surface area contributed by atoms with Gasteiger partial charge in [0.2, 0.25) is 11.8 Å². The number of oxazole rings is 1. The Kier molecular flexibility index (Phi) is 5.45. The SMILES string of the molecule is CN(CC(=O)N1CCC(O)CC1)Cc1ncc(-c2ccc(F)cc2)o1. The molecular formula is C18H22FN3O3. The molecule has 1 saturated heterocycles. The average molecular weight is 347 g/mol. The van der Waals surface area contributed by atoms with E-state index in [9.17, 15) is 14.3 Å². The number of halogens is 1. The minimum atomic E-state index is -0.299. The Morgan fingerprint density at radius 2 is 2.04 bits per heavy atom. The van der Waals surface area contributed by atoms with Crippen molar-refractivity contribution >= 4 is 5.91 Å². The smallest absolute Gasteiger partial charge is 0.236 e. The predicted molar refractivity (Wildman–Crippen MR) is 90.1 cm³/mol. The van der Waals surface area contributed by atoms with E-state index in [-0.39, 0.29) is 24.4 Å². The maximum atomic E-state index is 13.0. The summed E-state index contributed by atoms with van der Waals surface area (Å²) in [5.41, 5.74) is 0.755. The molecule has 1 aromatic carbocycles. The molecule has 134 valence electrons. The lowest BCUT2D eigenvalue weighted by atomic mass is 10.1. The average Bonchev–Trinajstić information content (AvgIpc) is 3.04. The number of likely N-dealkylation sites (N-methyl/N-ethyl adjacent to an activating group) is 1. The van der Waals surface area contributed by atoms with Gasteiger partial charge in [-0.05, 0) is 44.2 Å². The summed E-state index contributed by atoms with van der Waals surface area (Å²) >= 11 is 0. The fraction of sp³-hybridized carbons (Fsp3) is 0.444. The van der Waals surface area contributed by atoms with E-state index >= 15 is 0 Å². The van der Waals surface area contributed by atoms with E-state index < -0.39 is 0 Å². The fourth-order valence-electron chi connectivity index (χ4n) is 2.86. The van der Waals surface area contributed by atoms with Crippen LogP contribution in [-0.4, -0.2) is 58.6 Å². The van der Waals surface area contributed by atoms with E-state index in [4.69, 9.17) is 4.42 Å². The molecule has 6 nitrogen and oxygen atoms in total. The second kappa shape index (κ2) is 7.76. The number of carbonyl (C=O) groups is 1. The van der Waals surface area contributed by atoms with Gasteiger partial charge < -0.3 is 14.4 Å². The number of benzene rings is 1. The van der Waals surface area contributed by atoms with Crippen LogP contribution >= 0.6 is 0 Å². The quantitative estimate of drug-likeness (QED) is 0.895. The third-order valence-electron chi connectivity index (χ3n) is 4.31. The van der Waals surface area contributed by atoms with Crippen LogP contribution in [0.25, 0.3) is 11.3 Å². The third-order valence-corrected chi connectivity index (χ3v) is 4.31. The van der Waals surface area contributed by atoms with Crippen LogP contribution in [0.3, 0.4) is 0 Å². The summed E-state index contributed by atoms with van der Waals surface area (Å²) in [6.07, 6.45) is 2.58. The van der Waals surface area contributed by atoms with Gasteiger partial charge >= 0.3 is 0 Å². The molecule has 0 unspecified atom stereocenters. The molecule has 0 saturated carbocycles. The van der Waals surface area contributed by atoms with E-state index in [1.54, 1.807) is 23.2 Å². The molecule has 1 aromatic heterocycles. The van der Waals surface area contributed by atoms with Crippen LogP contribution < -0.4 is 0 Å². The third kappa shape index (κ3) is 4.64. The van der Waals surface area contributed by atoms with Gasteiger partial charge in [0.15, 0.2) is 5.76 Å². The first-order valence-corrected chi connectivity index (χ1v) is 8.36.